The van der Waals surface area contributed by atoms with Crippen LogP contribution in [0.3, 0.4) is 0 Å². The molecule has 1 heterocycles. The van der Waals surface area contributed by atoms with Gasteiger partial charge < -0.3 is 4.43 Å². The maximum Gasteiger partial charge on any atom is 0.221 e. The molecule has 1 aromatic carbocycles. The zero-order valence-corrected chi connectivity index (χ0v) is 10.3. The van der Waals surface area contributed by atoms with E-state index in [2.05, 4.69) is 37.4 Å². The monoisotopic (exact) mass is 218 g/mol. The van der Waals surface area contributed by atoms with Gasteiger partial charge in [-0.25, -0.2) is 0 Å². The van der Waals surface area contributed by atoms with E-state index in [4.69, 9.17) is 4.43 Å². The van der Waals surface area contributed by atoms with E-state index in [1.807, 2.05) is 6.07 Å². The lowest BCUT2D eigenvalue weighted by molar-refractivity contribution is 0.280. The van der Waals surface area contributed by atoms with Crippen LogP contribution in [0.2, 0.25) is 12.6 Å². The minimum atomic E-state index is -1.68. The Morgan fingerprint density at radius 1 is 1.27 bits per heavy atom. The molecule has 1 nitrogen and oxygen atoms in total. The SMILES string of the molecule is C=C(c1ccccc1)[Si]1(C)CCCCO1. The molecule has 1 atom stereocenters. The first-order valence-corrected chi connectivity index (χ1v) is 8.23. The van der Waals surface area contributed by atoms with Crippen LogP contribution in [0.15, 0.2) is 36.9 Å². The van der Waals surface area contributed by atoms with Crippen LogP contribution in [0.1, 0.15) is 18.4 Å². The lowest BCUT2D eigenvalue weighted by Gasteiger charge is -2.33. The third kappa shape index (κ3) is 2.21. The Hall–Kier alpha value is -0.863. The van der Waals surface area contributed by atoms with E-state index in [1.54, 1.807) is 0 Å². The Kier molecular flexibility index (Phi) is 3.07. The van der Waals surface area contributed by atoms with Crippen molar-refractivity contribution in [3.63, 3.8) is 0 Å². The molecule has 0 spiro atoms. The fourth-order valence-electron chi connectivity index (χ4n) is 2.12. The smallest absolute Gasteiger partial charge is 0.221 e. The van der Waals surface area contributed by atoms with E-state index >= 15 is 0 Å². The van der Waals surface area contributed by atoms with Gasteiger partial charge in [0.05, 0.1) is 0 Å². The van der Waals surface area contributed by atoms with Gasteiger partial charge in [-0.3, -0.25) is 0 Å². The van der Waals surface area contributed by atoms with Gasteiger partial charge in [0.1, 0.15) is 0 Å². The first-order valence-electron chi connectivity index (χ1n) is 5.61. The van der Waals surface area contributed by atoms with Crippen molar-refractivity contribution in [2.45, 2.75) is 25.4 Å². The molecule has 0 aliphatic carbocycles. The molecule has 1 fully saturated rings. The van der Waals surface area contributed by atoms with Crippen LogP contribution in [0.4, 0.5) is 0 Å². The highest BCUT2D eigenvalue weighted by Crippen LogP contribution is 2.32. The summed E-state index contributed by atoms with van der Waals surface area (Å²) >= 11 is 0. The van der Waals surface area contributed by atoms with Crippen molar-refractivity contribution >= 4 is 13.5 Å². The van der Waals surface area contributed by atoms with Gasteiger partial charge in [0.15, 0.2) is 0 Å². The van der Waals surface area contributed by atoms with Crippen LogP contribution >= 0.6 is 0 Å². The normalized spacial score (nSPS) is 26.2. The Labute approximate surface area is 92.9 Å². The fourth-order valence-corrected chi connectivity index (χ4v) is 5.03. The first-order chi connectivity index (χ1) is 7.22. The molecule has 0 amide bonds. The molecular formula is C13H18OSi. The molecule has 15 heavy (non-hydrogen) atoms. The molecule has 1 aliphatic rings. The summed E-state index contributed by atoms with van der Waals surface area (Å²) in [6.07, 6.45) is 2.51. The lowest BCUT2D eigenvalue weighted by Crippen LogP contribution is -2.39. The summed E-state index contributed by atoms with van der Waals surface area (Å²) in [5.41, 5.74) is 1.26. The molecule has 80 valence electrons. The third-order valence-electron chi connectivity index (χ3n) is 3.23. The molecule has 2 heteroatoms. The average molecular weight is 218 g/mol. The van der Waals surface area contributed by atoms with Crippen molar-refractivity contribution in [1.29, 1.82) is 0 Å². The van der Waals surface area contributed by atoms with Crippen molar-refractivity contribution in [3.8, 4) is 0 Å². The van der Waals surface area contributed by atoms with Gasteiger partial charge in [0.2, 0.25) is 8.32 Å². The van der Waals surface area contributed by atoms with Gasteiger partial charge in [0.25, 0.3) is 0 Å². The number of hydrogen-bond acceptors (Lipinski definition) is 1. The van der Waals surface area contributed by atoms with E-state index in [-0.39, 0.29) is 0 Å². The van der Waals surface area contributed by atoms with E-state index in [0.29, 0.717) is 0 Å². The second-order valence-electron chi connectivity index (χ2n) is 4.38. The van der Waals surface area contributed by atoms with Crippen molar-refractivity contribution in [1.82, 2.24) is 0 Å². The maximum atomic E-state index is 6.02. The predicted molar refractivity (Wildman–Crippen MR) is 67.1 cm³/mol. The van der Waals surface area contributed by atoms with Gasteiger partial charge in [0, 0.05) is 6.61 Å². The van der Waals surface area contributed by atoms with E-state index in [0.717, 1.165) is 6.61 Å². The Balaban J connectivity index is 2.20. The standard InChI is InChI=1S/C13H18OSi/c1-12(13-8-4-3-5-9-13)15(2)11-7-6-10-14-15/h3-5,8-9H,1,6-7,10-11H2,2H3. The topological polar surface area (TPSA) is 9.23 Å². The summed E-state index contributed by atoms with van der Waals surface area (Å²) in [5.74, 6) is 0. The minimum absolute atomic E-state index is 0.925. The van der Waals surface area contributed by atoms with Crippen LogP contribution in [0, 0.1) is 0 Å². The molecule has 1 unspecified atom stereocenters. The number of rotatable bonds is 2. The minimum Gasteiger partial charge on any atom is -0.413 e. The number of hydrogen-bond donors (Lipinski definition) is 0. The zero-order valence-electron chi connectivity index (χ0n) is 9.33. The van der Waals surface area contributed by atoms with Crippen LogP contribution in [-0.4, -0.2) is 14.9 Å². The van der Waals surface area contributed by atoms with E-state index < -0.39 is 8.32 Å². The molecule has 0 radical (unpaired) electrons. The van der Waals surface area contributed by atoms with Gasteiger partial charge in [-0.05, 0) is 29.8 Å². The van der Waals surface area contributed by atoms with E-state index in [9.17, 15) is 0 Å². The quantitative estimate of drug-likeness (QED) is 0.689. The van der Waals surface area contributed by atoms with Crippen LogP contribution in [-0.2, 0) is 4.43 Å². The van der Waals surface area contributed by atoms with E-state index in [1.165, 1.54) is 29.6 Å². The Morgan fingerprint density at radius 2 is 2.00 bits per heavy atom. The Morgan fingerprint density at radius 3 is 2.60 bits per heavy atom. The summed E-state index contributed by atoms with van der Waals surface area (Å²) in [4.78, 5) is 0. The van der Waals surface area contributed by atoms with Gasteiger partial charge in [-0.15, -0.1) is 0 Å². The van der Waals surface area contributed by atoms with Crippen LogP contribution < -0.4 is 0 Å². The second-order valence-corrected chi connectivity index (χ2v) is 8.23. The molecule has 0 bridgehead atoms. The molecule has 1 aromatic rings. The first kappa shape index (κ1) is 10.6. The third-order valence-corrected chi connectivity index (χ3v) is 6.94. The maximum absolute atomic E-state index is 6.02. The van der Waals surface area contributed by atoms with Gasteiger partial charge in [-0.1, -0.05) is 43.3 Å². The largest absolute Gasteiger partial charge is 0.413 e. The molecule has 1 saturated heterocycles. The fraction of sp³-hybridized carbons (Fsp3) is 0.385. The molecular weight excluding hydrogens is 200 g/mol. The van der Waals surface area contributed by atoms with Crippen molar-refractivity contribution in [3.05, 3.63) is 42.5 Å². The zero-order chi connectivity index (χ0) is 10.7. The molecule has 0 aromatic heterocycles. The predicted octanol–water partition coefficient (Wildman–Crippen LogP) is 3.62. The molecule has 1 aliphatic heterocycles. The highest BCUT2D eigenvalue weighted by atomic mass is 28.4. The summed E-state index contributed by atoms with van der Waals surface area (Å²) in [5, 5.41) is 1.25. The van der Waals surface area contributed by atoms with Crippen molar-refractivity contribution < 1.29 is 4.43 Å². The highest BCUT2D eigenvalue weighted by Gasteiger charge is 2.34. The summed E-state index contributed by atoms with van der Waals surface area (Å²) in [6, 6.07) is 11.7. The molecule has 2 rings (SSSR count). The highest BCUT2D eigenvalue weighted by molar-refractivity contribution is 6.90. The summed E-state index contributed by atoms with van der Waals surface area (Å²) in [7, 11) is -1.68. The average Bonchev–Trinajstić information content (AvgIpc) is 2.30. The Bertz CT molecular complexity index is 339. The van der Waals surface area contributed by atoms with Crippen molar-refractivity contribution in [2.24, 2.45) is 0 Å². The molecule has 0 N–H and O–H groups in total. The summed E-state index contributed by atoms with van der Waals surface area (Å²) < 4.78 is 6.02. The second kappa shape index (κ2) is 4.33. The van der Waals surface area contributed by atoms with Crippen LogP contribution in [0.5, 0.6) is 0 Å². The van der Waals surface area contributed by atoms with Crippen LogP contribution in [0.25, 0.3) is 5.20 Å². The lowest BCUT2D eigenvalue weighted by atomic mass is 10.2. The van der Waals surface area contributed by atoms with Gasteiger partial charge in [-0.2, -0.15) is 0 Å². The summed E-state index contributed by atoms with van der Waals surface area (Å²) in [6.45, 7) is 7.48. The number of benzene rings is 1. The molecule has 0 saturated carbocycles. The van der Waals surface area contributed by atoms with Gasteiger partial charge >= 0.3 is 0 Å². The van der Waals surface area contributed by atoms with Crippen molar-refractivity contribution in [2.75, 3.05) is 6.61 Å².